The highest BCUT2D eigenvalue weighted by Gasteiger charge is 2.12. The molecule has 19 heavy (non-hydrogen) atoms. The second-order valence-electron chi connectivity index (χ2n) is 3.64. The largest absolute Gasteiger partial charge is 0.378 e. The molecule has 102 valence electrons. The van der Waals surface area contributed by atoms with E-state index in [-0.39, 0.29) is 22.4 Å². The van der Waals surface area contributed by atoms with Crippen LogP contribution in [0.15, 0.2) is 24.5 Å². The van der Waals surface area contributed by atoms with Crippen LogP contribution in [-0.2, 0) is 6.54 Å². The van der Waals surface area contributed by atoms with Crippen molar-refractivity contribution in [3.63, 3.8) is 0 Å². The maximum atomic E-state index is 13.2. The van der Waals surface area contributed by atoms with Crippen LogP contribution in [0.25, 0.3) is 0 Å². The summed E-state index contributed by atoms with van der Waals surface area (Å²) in [4.78, 5) is 3.80. The Bertz CT molecular complexity index is 563. The summed E-state index contributed by atoms with van der Waals surface area (Å²) in [6, 6.07) is 2.64. The van der Waals surface area contributed by atoms with Gasteiger partial charge >= 0.3 is 6.55 Å². The first-order chi connectivity index (χ1) is 8.99. The van der Waals surface area contributed by atoms with Gasteiger partial charge in [0.1, 0.15) is 5.82 Å². The molecule has 0 bridgehead atoms. The molecule has 1 heterocycles. The first-order valence-corrected chi connectivity index (χ1v) is 5.93. The van der Waals surface area contributed by atoms with Crippen molar-refractivity contribution in [2.75, 3.05) is 5.32 Å². The van der Waals surface area contributed by atoms with E-state index in [2.05, 4.69) is 10.3 Å². The van der Waals surface area contributed by atoms with Gasteiger partial charge in [-0.3, -0.25) is 4.57 Å². The van der Waals surface area contributed by atoms with E-state index in [1.54, 1.807) is 0 Å². The van der Waals surface area contributed by atoms with Gasteiger partial charge in [0.05, 0.1) is 16.6 Å². The Morgan fingerprint density at radius 1 is 1.26 bits per heavy atom. The average molecular weight is 310 g/mol. The van der Waals surface area contributed by atoms with Gasteiger partial charge in [0.15, 0.2) is 5.82 Å². The number of benzene rings is 1. The van der Waals surface area contributed by atoms with Crippen LogP contribution in [0, 0.1) is 5.82 Å². The lowest BCUT2D eigenvalue weighted by Gasteiger charge is -2.10. The molecule has 0 amide bonds. The lowest BCUT2D eigenvalue weighted by molar-refractivity contribution is 0.0673. The van der Waals surface area contributed by atoms with Crippen LogP contribution in [0.2, 0.25) is 10.0 Å². The SMILES string of the molecule is Fc1c(Cl)cc(NCc2nccn2C(F)F)cc1Cl. The van der Waals surface area contributed by atoms with Crippen LogP contribution in [0.3, 0.4) is 0 Å². The third kappa shape index (κ3) is 3.13. The number of halogens is 5. The van der Waals surface area contributed by atoms with Crippen LogP contribution in [0.5, 0.6) is 0 Å². The quantitative estimate of drug-likeness (QED) is 0.852. The smallest absolute Gasteiger partial charge is 0.319 e. The average Bonchev–Trinajstić information content (AvgIpc) is 2.81. The van der Waals surface area contributed by atoms with Crippen molar-refractivity contribution < 1.29 is 13.2 Å². The second-order valence-corrected chi connectivity index (χ2v) is 4.45. The predicted molar refractivity (Wildman–Crippen MR) is 67.2 cm³/mol. The maximum Gasteiger partial charge on any atom is 0.319 e. The van der Waals surface area contributed by atoms with Crippen LogP contribution in [0.1, 0.15) is 12.4 Å². The van der Waals surface area contributed by atoms with Crippen molar-refractivity contribution >= 4 is 28.9 Å². The molecule has 0 aliphatic heterocycles. The fraction of sp³-hybridized carbons (Fsp3) is 0.182. The molecule has 1 aromatic carbocycles. The molecule has 3 nitrogen and oxygen atoms in total. The normalized spacial score (nSPS) is 11.1. The number of hydrogen-bond acceptors (Lipinski definition) is 2. The van der Waals surface area contributed by atoms with Crippen molar-refractivity contribution in [3.05, 3.63) is 46.2 Å². The highest BCUT2D eigenvalue weighted by Crippen LogP contribution is 2.27. The molecule has 8 heteroatoms. The number of aromatic nitrogens is 2. The van der Waals surface area contributed by atoms with E-state index in [4.69, 9.17) is 23.2 Å². The highest BCUT2D eigenvalue weighted by molar-refractivity contribution is 6.35. The molecule has 0 spiro atoms. The number of rotatable bonds is 4. The van der Waals surface area contributed by atoms with E-state index in [1.807, 2.05) is 0 Å². The third-order valence-electron chi connectivity index (χ3n) is 2.39. The second kappa shape index (κ2) is 5.71. The number of hydrogen-bond donors (Lipinski definition) is 1. The molecule has 0 radical (unpaired) electrons. The van der Waals surface area contributed by atoms with E-state index >= 15 is 0 Å². The molecule has 0 unspecified atom stereocenters. The number of nitrogens with one attached hydrogen (secondary N) is 1. The number of nitrogens with zero attached hydrogens (tertiary/aromatic N) is 2. The summed E-state index contributed by atoms with van der Waals surface area (Å²) in [5.41, 5.74) is 0.417. The first-order valence-electron chi connectivity index (χ1n) is 5.17. The van der Waals surface area contributed by atoms with Gasteiger partial charge in [-0.2, -0.15) is 8.78 Å². The number of imidazole rings is 1. The molecule has 0 atom stereocenters. The molecule has 2 aromatic rings. The zero-order valence-electron chi connectivity index (χ0n) is 9.38. The fourth-order valence-corrected chi connectivity index (χ4v) is 1.98. The summed E-state index contributed by atoms with van der Waals surface area (Å²) in [5.74, 6) is -0.575. The van der Waals surface area contributed by atoms with Crippen molar-refractivity contribution in [1.29, 1.82) is 0 Å². The van der Waals surface area contributed by atoms with Gasteiger partial charge < -0.3 is 5.32 Å². The van der Waals surface area contributed by atoms with E-state index in [1.165, 1.54) is 24.5 Å². The van der Waals surface area contributed by atoms with Gasteiger partial charge in [0.2, 0.25) is 0 Å². The molecular formula is C11H8Cl2F3N3. The summed E-state index contributed by atoms with van der Waals surface area (Å²) < 4.78 is 39.1. The van der Waals surface area contributed by atoms with Gasteiger partial charge in [-0.05, 0) is 12.1 Å². The molecule has 2 rings (SSSR count). The van der Waals surface area contributed by atoms with Crippen LogP contribution in [0.4, 0.5) is 18.9 Å². The Morgan fingerprint density at radius 2 is 1.89 bits per heavy atom. The molecule has 0 aliphatic rings. The van der Waals surface area contributed by atoms with Crippen molar-refractivity contribution in [2.45, 2.75) is 13.1 Å². The van der Waals surface area contributed by atoms with Gasteiger partial charge in [0.25, 0.3) is 0 Å². The van der Waals surface area contributed by atoms with Crippen molar-refractivity contribution in [2.24, 2.45) is 0 Å². The van der Waals surface area contributed by atoms with Crippen molar-refractivity contribution in [1.82, 2.24) is 9.55 Å². The standard InChI is InChI=1S/C11H8Cl2F3N3/c12-7-3-6(4-8(13)10(7)14)18-5-9-17-1-2-19(9)11(15)16/h1-4,11,18H,5H2. The van der Waals surface area contributed by atoms with E-state index in [0.717, 1.165) is 4.57 Å². The summed E-state index contributed by atoms with van der Waals surface area (Å²) in [7, 11) is 0. The molecular weight excluding hydrogens is 302 g/mol. The van der Waals surface area contributed by atoms with Crippen molar-refractivity contribution in [3.8, 4) is 0 Å². The Morgan fingerprint density at radius 3 is 2.47 bits per heavy atom. The van der Waals surface area contributed by atoms with Crippen LogP contribution < -0.4 is 5.32 Å². The minimum Gasteiger partial charge on any atom is -0.378 e. The lowest BCUT2D eigenvalue weighted by Crippen LogP contribution is -2.09. The molecule has 0 saturated heterocycles. The third-order valence-corrected chi connectivity index (χ3v) is 2.94. The zero-order valence-corrected chi connectivity index (χ0v) is 10.9. The maximum absolute atomic E-state index is 13.2. The van der Waals surface area contributed by atoms with Gasteiger partial charge in [0, 0.05) is 18.1 Å². The van der Waals surface area contributed by atoms with Gasteiger partial charge in [-0.25, -0.2) is 9.37 Å². The molecule has 1 aromatic heterocycles. The predicted octanol–water partition coefficient (Wildman–Crippen LogP) is 4.34. The molecule has 1 N–H and O–H groups in total. The van der Waals surface area contributed by atoms with E-state index < -0.39 is 12.4 Å². The number of anilines is 1. The van der Waals surface area contributed by atoms with E-state index in [0.29, 0.717) is 5.69 Å². The highest BCUT2D eigenvalue weighted by atomic mass is 35.5. The molecule has 0 aliphatic carbocycles. The zero-order chi connectivity index (χ0) is 14.0. The number of alkyl halides is 2. The minimum absolute atomic E-state index is 0.0373. The Hall–Kier alpha value is -1.40. The Labute approximate surface area is 117 Å². The topological polar surface area (TPSA) is 29.9 Å². The van der Waals surface area contributed by atoms with Crippen LogP contribution in [-0.4, -0.2) is 9.55 Å². The summed E-state index contributed by atoms with van der Waals surface area (Å²) in [5, 5.41) is 2.51. The lowest BCUT2D eigenvalue weighted by atomic mass is 10.3. The molecule has 0 saturated carbocycles. The first kappa shape index (κ1) is 14.0. The Kier molecular flexibility index (Phi) is 4.21. The summed E-state index contributed by atoms with van der Waals surface area (Å²) >= 11 is 11.2. The van der Waals surface area contributed by atoms with E-state index in [9.17, 15) is 13.2 Å². The van der Waals surface area contributed by atoms with Gasteiger partial charge in [-0.1, -0.05) is 23.2 Å². The summed E-state index contributed by atoms with van der Waals surface area (Å²) in [6.07, 6.45) is 2.44. The molecule has 0 fully saturated rings. The van der Waals surface area contributed by atoms with Crippen LogP contribution >= 0.6 is 23.2 Å². The van der Waals surface area contributed by atoms with Gasteiger partial charge in [-0.15, -0.1) is 0 Å². The fourth-order valence-electron chi connectivity index (χ4n) is 1.50. The minimum atomic E-state index is -2.67. The summed E-state index contributed by atoms with van der Waals surface area (Å²) in [6.45, 7) is -2.63. The Balaban J connectivity index is 2.13. The monoisotopic (exact) mass is 309 g/mol.